The van der Waals surface area contributed by atoms with Crippen molar-refractivity contribution in [3.05, 3.63) is 11.3 Å². The third kappa shape index (κ3) is 3.98. The Bertz CT molecular complexity index is 70.1. The lowest BCUT2D eigenvalue weighted by atomic mass is 10.6. The van der Waals surface area contributed by atoms with Gasteiger partial charge in [0, 0.05) is 0 Å². The Balaban J connectivity index is 3.17. The van der Waals surface area contributed by atoms with Gasteiger partial charge in [-0.3, -0.25) is 0 Å². The van der Waals surface area contributed by atoms with Crippen LogP contribution in [0.1, 0.15) is 13.8 Å². The normalized spacial score (nSPS) is 14.3. The lowest BCUT2D eigenvalue weighted by Crippen LogP contribution is -1.95. The summed E-state index contributed by atoms with van der Waals surface area (Å²) in [5.41, 5.74) is 0. The first-order chi connectivity index (χ1) is 3.31. The molecule has 0 bridgehead atoms. The second kappa shape index (κ2) is 4.30. The number of rotatable bonds is 2. The van der Waals surface area contributed by atoms with Crippen LogP contribution in [0, 0.1) is 0 Å². The van der Waals surface area contributed by atoms with Gasteiger partial charge in [-0.25, -0.2) is 0 Å². The molecular weight excluding hydrogens is 120 g/mol. The maximum atomic E-state index is 5.10. The van der Waals surface area contributed by atoms with E-state index < -0.39 is 0 Å². The zero-order chi connectivity index (χ0) is 5.70. The van der Waals surface area contributed by atoms with E-state index in [4.69, 9.17) is 4.12 Å². The molecule has 1 nitrogen and oxygen atoms in total. The molecule has 0 amide bonds. The number of hydrogen-bond donors (Lipinski definition) is 0. The maximum Gasteiger partial charge on any atom is 0.173 e. The molecule has 0 aromatic rings. The highest BCUT2D eigenvalue weighted by molar-refractivity contribution is 6.42. The van der Waals surface area contributed by atoms with Crippen LogP contribution < -0.4 is 0 Å². The summed E-state index contributed by atoms with van der Waals surface area (Å²) in [6.07, 6.45) is 2.13. The molecule has 0 aromatic heterocycles. The van der Waals surface area contributed by atoms with Crippen LogP contribution in [0.3, 0.4) is 0 Å². The van der Waals surface area contributed by atoms with E-state index in [9.17, 15) is 0 Å². The molecule has 0 rings (SSSR count). The molecule has 0 aliphatic rings. The third-order valence-corrected chi connectivity index (χ3v) is 2.88. The molecule has 0 fully saturated rings. The average molecular weight is 132 g/mol. The molecule has 0 spiro atoms. The second-order valence-electron chi connectivity index (χ2n) is 1.57. The van der Waals surface area contributed by atoms with Gasteiger partial charge in [0.15, 0.2) is 9.76 Å². The van der Waals surface area contributed by atoms with E-state index in [0.717, 1.165) is 10.5 Å². The number of hydrogen-bond acceptors (Lipinski definition) is 1. The molecule has 0 radical (unpaired) electrons. The predicted octanol–water partition coefficient (Wildman–Crippen LogP) is -0.709. The minimum atomic E-state index is -0.231. The summed E-state index contributed by atoms with van der Waals surface area (Å²) < 4.78 is 5.10. The largest absolute Gasteiger partial charge is 0.465 e. The van der Waals surface area contributed by atoms with Crippen LogP contribution >= 0.6 is 0 Å². The van der Waals surface area contributed by atoms with Gasteiger partial charge in [0.05, 0.1) is 0 Å². The molecule has 0 saturated heterocycles. The molecule has 7 heavy (non-hydrogen) atoms. The lowest BCUT2D eigenvalue weighted by Gasteiger charge is -1.92. The Morgan fingerprint density at radius 1 is 1.86 bits per heavy atom. The number of allylic oxidation sites excluding steroid dienone is 2. The highest BCUT2D eigenvalue weighted by Crippen LogP contribution is 1.85. The third-order valence-electron chi connectivity index (χ3n) is 0.865. The van der Waals surface area contributed by atoms with Crippen molar-refractivity contribution in [2.75, 3.05) is 0 Å². The fourth-order valence-electron chi connectivity index (χ4n) is 0.311. The average Bonchev–Trinajstić information content (AvgIpc) is 1.68. The highest BCUT2D eigenvalue weighted by Gasteiger charge is 1.81. The van der Waals surface area contributed by atoms with Gasteiger partial charge in [0.25, 0.3) is 0 Å². The first-order valence-electron chi connectivity index (χ1n) is 2.42. The SMILES string of the molecule is C/C=C(\C)[SiH2]O[SiH3]. The van der Waals surface area contributed by atoms with Crippen molar-refractivity contribution in [1.82, 2.24) is 0 Å². The molecule has 3 heteroatoms. The van der Waals surface area contributed by atoms with E-state index in [1.807, 2.05) is 0 Å². The Morgan fingerprint density at radius 2 is 2.43 bits per heavy atom. The van der Waals surface area contributed by atoms with Gasteiger partial charge < -0.3 is 4.12 Å². The Kier molecular flexibility index (Phi) is 4.38. The smallest absolute Gasteiger partial charge is 0.173 e. The summed E-state index contributed by atoms with van der Waals surface area (Å²) in [6.45, 7) is 4.19. The van der Waals surface area contributed by atoms with Gasteiger partial charge in [-0.2, -0.15) is 0 Å². The van der Waals surface area contributed by atoms with Crippen LogP contribution in [0.4, 0.5) is 0 Å². The van der Waals surface area contributed by atoms with Crippen molar-refractivity contribution < 1.29 is 4.12 Å². The van der Waals surface area contributed by atoms with Gasteiger partial charge in [0.2, 0.25) is 0 Å². The summed E-state index contributed by atoms with van der Waals surface area (Å²) in [4.78, 5) is 0. The van der Waals surface area contributed by atoms with E-state index in [2.05, 4.69) is 19.9 Å². The Labute approximate surface area is 50.3 Å². The van der Waals surface area contributed by atoms with Crippen molar-refractivity contribution in [1.29, 1.82) is 0 Å². The summed E-state index contributed by atoms with van der Waals surface area (Å²) >= 11 is 0. The molecule has 0 aliphatic carbocycles. The van der Waals surface area contributed by atoms with Gasteiger partial charge in [0.1, 0.15) is 10.5 Å². The van der Waals surface area contributed by atoms with Gasteiger partial charge in [-0.15, -0.1) is 0 Å². The summed E-state index contributed by atoms with van der Waals surface area (Å²) in [7, 11) is 0.681. The Hall–Kier alpha value is 0.134. The van der Waals surface area contributed by atoms with Crippen LogP contribution in [-0.4, -0.2) is 20.2 Å². The maximum absolute atomic E-state index is 5.10. The minimum Gasteiger partial charge on any atom is -0.465 e. The summed E-state index contributed by atoms with van der Waals surface area (Å²) in [5, 5.41) is 1.45. The molecule has 0 heterocycles. The first-order valence-corrected chi connectivity index (χ1v) is 4.52. The van der Waals surface area contributed by atoms with Crippen molar-refractivity contribution >= 4 is 20.2 Å². The molecule has 0 atom stereocenters. The van der Waals surface area contributed by atoms with Crippen molar-refractivity contribution in [3.63, 3.8) is 0 Å². The molecule has 0 aliphatic heterocycles. The van der Waals surface area contributed by atoms with E-state index in [1.165, 1.54) is 5.20 Å². The molecule has 0 saturated carbocycles. The van der Waals surface area contributed by atoms with Crippen LogP contribution in [-0.2, 0) is 4.12 Å². The van der Waals surface area contributed by atoms with E-state index in [1.54, 1.807) is 0 Å². The molecule has 0 aromatic carbocycles. The topological polar surface area (TPSA) is 9.23 Å². The van der Waals surface area contributed by atoms with Gasteiger partial charge in [-0.05, 0) is 13.8 Å². The fraction of sp³-hybridized carbons (Fsp3) is 0.500. The highest BCUT2D eigenvalue weighted by atomic mass is 28.3. The zero-order valence-electron chi connectivity index (χ0n) is 5.19. The standard InChI is InChI=1S/C4H12OSi2/c1-3-4(2)7-5-6/h3H,7H2,1-2,6H3/b4-3+. The molecule has 0 unspecified atom stereocenters. The van der Waals surface area contributed by atoms with Gasteiger partial charge >= 0.3 is 0 Å². The minimum absolute atomic E-state index is 0.231. The van der Waals surface area contributed by atoms with Crippen LogP contribution in [0.15, 0.2) is 11.3 Å². The zero-order valence-corrected chi connectivity index (χ0v) is 8.61. The van der Waals surface area contributed by atoms with E-state index in [0.29, 0.717) is 0 Å². The predicted molar refractivity (Wildman–Crippen MR) is 39.0 cm³/mol. The van der Waals surface area contributed by atoms with E-state index >= 15 is 0 Å². The van der Waals surface area contributed by atoms with Crippen molar-refractivity contribution in [3.8, 4) is 0 Å². The molecular formula is C4H12OSi2. The molecule has 42 valence electrons. The van der Waals surface area contributed by atoms with E-state index in [-0.39, 0.29) is 9.76 Å². The Morgan fingerprint density at radius 3 is 2.57 bits per heavy atom. The molecule has 0 N–H and O–H groups in total. The second-order valence-corrected chi connectivity index (χ2v) is 5.28. The van der Waals surface area contributed by atoms with Crippen LogP contribution in [0.25, 0.3) is 0 Å². The van der Waals surface area contributed by atoms with Crippen molar-refractivity contribution in [2.24, 2.45) is 0 Å². The quantitative estimate of drug-likeness (QED) is 0.451. The van der Waals surface area contributed by atoms with Gasteiger partial charge in [-0.1, -0.05) is 11.3 Å². The monoisotopic (exact) mass is 132 g/mol. The lowest BCUT2D eigenvalue weighted by molar-refractivity contribution is 0.671. The van der Waals surface area contributed by atoms with Crippen molar-refractivity contribution in [2.45, 2.75) is 13.8 Å². The summed E-state index contributed by atoms with van der Waals surface area (Å²) in [6, 6.07) is 0. The van der Waals surface area contributed by atoms with Crippen LogP contribution in [0.5, 0.6) is 0 Å². The summed E-state index contributed by atoms with van der Waals surface area (Å²) in [5.74, 6) is 0. The van der Waals surface area contributed by atoms with Crippen LogP contribution in [0.2, 0.25) is 0 Å². The fourth-order valence-corrected chi connectivity index (χ4v) is 2.30. The first kappa shape index (κ1) is 7.13.